The van der Waals surface area contributed by atoms with E-state index in [0.717, 1.165) is 35.1 Å². The summed E-state index contributed by atoms with van der Waals surface area (Å²) in [7, 11) is -1.77. The Hall–Kier alpha value is -2.23. The minimum Gasteiger partial charge on any atom is -0.269 e. The molecule has 160 valence electrons. The molecule has 0 bridgehead atoms. The van der Waals surface area contributed by atoms with Gasteiger partial charge < -0.3 is 0 Å². The number of thioether (sulfide) groups is 1. The van der Waals surface area contributed by atoms with Gasteiger partial charge in [0, 0.05) is 23.7 Å². The summed E-state index contributed by atoms with van der Waals surface area (Å²) in [4.78, 5) is 4.24. The average Bonchev–Trinajstić information content (AvgIpc) is 3.20. The smallest absolute Gasteiger partial charge is 0.211 e. The summed E-state index contributed by atoms with van der Waals surface area (Å²) < 4.78 is 27.8. The van der Waals surface area contributed by atoms with Crippen molar-refractivity contribution in [2.75, 3.05) is 18.6 Å². The van der Waals surface area contributed by atoms with Crippen LogP contribution in [0.25, 0.3) is 17.1 Å². The van der Waals surface area contributed by atoms with Crippen molar-refractivity contribution >= 4 is 21.8 Å². The molecule has 3 aromatic rings. The fraction of sp³-hybridized carbons (Fsp3) is 0.381. The molecule has 0 aliphatic heterocycles. The van der Waals surface area contributed by atoms with Crippen LogP contribution in [0.1, 0.15) is 31.4 Å². The lowest BCUT2D eigenvalue weighted by molar-refractivity contribution is 0.587. The van der Waals surface area contributed by atoms with Gasteiger partial charge in [-0.15, -0.1) is 10.2 Å². The van der Waals surface area contributed by atoms with E-state index in [1.54, 1.807) is 12.4 Å². The van der Waals surface area contributed by atoms with Crippen LogP contribution in [0.4, 0.5) is 0 Å². The quantitative estimate of drug-likeness (QED) is 0.380. The molecule has 0 unspecified atom stereocenters. The molecule has 1 aromatic carbocycles. The highest BCUT2D eigenvalue weighted by atomic mass is 32.2. The molecule has 2 aromatic heterocycles. The number of para-hydroxylation sites is 1. The van der Waals surface area contributed by atoms with Crippen LogP contribution in [-0.2, 0) is 22.9 Å². The van der Waals surface area contributed by atoms with Gasteiger partial charge in [-0.25, -0.2) is 13.1 Å². The summed E-state index contributed by atoms with van der Waals surface area (Å²) in [5.74, 6) is 1.46. The first-order chi connectivity index (χ1) is 14.5. The highest BCUT2D eigenvalue weighted by Crippen LogP contribution is 2.32. The lowest BCUT2D eigenvalue weighted by Gasteiger charge is -2.18. The number of aromatic nitrogens is 4. The van der Waals surface area contributed by atoms with Crippen molar-refractivity contribution in [2.45, 2.75) is 38.3 Å². The zero-order valence-electron chi connectivity index (χ0n) is 17.5. The van der Waals surface area contributed by atoms with Gasteiger partial charge in [0.1, 0.15) is 0 Å². The van der Waals surface area contributed by atoms with Crippen molar-refractivity contribution in [2.24, 2.45) is 0 Å². The van der Waals surface area contributed by atoms with E-state index in [9.17, 15) is 8.42 Å². The van der Waals surface area contributed by atoms with Gasteiger partial charge in [-0.3, -0.25) is 9.55 Å². The number of nitrogens with one attached hydrogen (secondary N) is 1. The van der Waals surface area contributed by atoms with Crippen molar-refractivity contribution in [1.82, 2.24) is 24.5 Å². The largest absolute Gasteiger partial charge is 0.269 e. The van der Waals surface area contributed by atoms with E-state index in [-0.39, 0.29) is 5.75 Å². The van der Waals surface area contributed by atoms with Crippen molar-refractivity contribution in [3.8, 4) is 17.1 Å². The Morgan fingerprint density at radius 2 is 1.80 bits per heavy atom. The van der Waals surface area contributed by atoms with Gasteiger partial charge in [-0.2, -0.15) is 0 Å². The van der Waals surface area contributed by atoms with E-state index < -0.39 is 10.0 Å². The summed E-state index contributed by atoms with van der Waals surface area (Å²) in [6, 6.07) is 10.2. The number of nitrogens with zero attached hydrogens (tertiary/aromatic N) is 4. The third-order valence-electron chi connectivity index (χ3n) is 4.84. The molecule has 0 radical (unpaired) electrons. The SMILES string of the molecule is CCc1cccc(CC)c1-n1c(SCCCS(=O)(=O)NC)nnc1-c1cccnc1. The third-order valence-corrected chi connectivity index (χ3v) is 7.30. The molecule has 0 spiro atoms. The molecule has 0 saturated carbocycles. The zero-order chi connectivity index (χ0) is 21.6. The summed E-state index contributed by atoms with van der Waals surface area (Å²) in [6.45, 7) is 4.28. The fourth-order valence-corrected chi connectivity index (χ4v) is 5.05. The number of hydrogen-bond donors (Lipinski definition) is 1. The molecule has 0 atom stereocenters. The second-order valence-electron chi connectivity index (χ2n) is 6.74. The Kier molecular flexibility index (Phi) is 7.63. The van der Waals surface area contributed by atoms with Crippen molar-refractivity contribution in [1.29, 1.82) is 0 Å². The lowest BCUT2D eigenvalue weighted by atomic mass is 10.0. The summed E-state index contributed by atoms with van der Waals surface area (Å²) in [5, 5.41) is 9.69. The van der Waals surface area contributed by atoms with Gasteiger partial charge in [0.05, 0.1) is 11.4 Å². The normalized spacial score (nSPS) is 11.7. The van der Waals surface area contributed by atoms with E-state index in [2.05, 4.69) is 56.5 Å². The minimum absolute atomic E-state index is 0.0891. The first-order valence-corrected chi connectivity index (χ1v) is 12.7. The number of pyridine rings is 1. The van der Waals surface area contributed by atoms with Crippen molar-refractivity contribution in [3.63, 3.8) is 0 Å². The number of hydrogen-bond acceptors (Lipinski definition) is 6. The first-order valence-electron chi connectivity index (χ1n) is 10.0. The maximum absolute atomic E-state index is 11.7. The van der Waals surface area contributed by atoms with Crippen LogP contribution in [0.3, 0.4) is 0 Å². The Morgan fingerprint density at radius 1 is 1.07 bits per heavy atom. The molecular weight excluding hydrogens is 418 g/mol. The molecule has 0 aliphatic carbocycles. The van der Waals surface area contributed by atoms with Gasteiger partial charge in [-0.05, 0) is 49.6 Å². The van der Waals surface area contributed by atoms with Gasteiger partial charge in [0.15, 0.2) is 11.0 Å². The van der Waals surface area contributed by atoms with E-state index in [0.29, 0.717) is 12.2 Å². The maximum atomic E-state index is 11.7. The second-order valence-corrected chi connectivity index (χ2v) is 9.85. The molecule has 7 nitrogen and oxygen atoms in total. The summed E-state index contributed by atoms with van der Waals surface area (Å²) >= 11 is 1.52. The van der Waals surface area contributed by atoms with Crippen molar-refractivity contribution in [3.05, 3.63) is 53.9 Å². The Morgan fingerprint density at radius 3 is 2.40 bits per heavy atom. The van der Waals surface area contributed by atoms with Gasteiger partial charge >= 0.3 is 0 Å². The molecule has 0 fully saturated rings. The van der Waals surface area contributed by atoms with Crippen LogP contribution >= 0.6 is 11.8 Å². The molecule has 0 aliphatic rings. The van der Waals surface area contributed by atoms with Crippen LogP contribution in [0, 0.1) is 0 Å². The molecule has 0 saturated heterocycles. The average molecular weight is 446 g/mol. The van der Waals surface area contributed by atoms with E-state index in [1.165, 1.54) is 29.9 Å². The second kappa shape index (κ2) is 10.2. The molecule has 9 heteroatoms. The third kappa shape index (κ3) is 5.08. The number of rotatable bonds is 10. The Labute approximate surface area is 182 Å². The van der Waals surface area contributed by atoms with Gasteiger partial charge in [-0.1, -0.05) is 43.8 Å². The predicted octanol–water partition coefficient (Wildman–Crippen LogP) is 3.49. The number of benzene rings is 1. The summed E-state index contributed by atoms with van der Waals surface area (Å²) in [6.07, 6.45) is 5.82. The van der Waals surface area contributed by atoms with Crippen LogP contribution in [-0.4, -0.2) is 46.7 Å². The predicted molar refractivity (Wildman–Crippen MR) is 122 cm³/mol. The Balaban J connectivity index is 2.03. The topological polar surface area (TPSA) is 89.8 Å². The van der Waals surface area contributed by atoms with Gasteiger partial charge in [0.2, 0.25) is 10.0 Å². The maximum Gasteiger partial charge on any atom is 0.211 e. The van der Waals surface area contributed by atoms with E-state index >= 15 is 0 Å². The molecule has 1 N–H and O–H groups in total. The first kappa shape index (κ1) is 22.5. The Bertz CT molecular complexity index is 1060. The van der Waals surface area contributed by atoms with E-state index in [1.807, 2.05) is 12.1 Å². The molecule has 3 rings (SSSR count). The molecule has 2 heterocycles. The number of aryl methyl sites for hydroxylation is 2. The fourth-order valence-electron chi connectivity index (χ4n) is 3.26. The van der Waals surface area contributed by atoms with Crippen LogP contribution in [0.2, 0.25) is 0 Å². The zero-order valence-corrected chi connectivity index (χ0v) is 19.1. The minimum atomic E-state index is -3.21. The van der Waals surface area contributed by atoms with Gasteiger partial charge in [0.25, 0.3) is 0 Å². The van der Waals surface area contributed by atoms with Crippen LogP contribution in [0.15, 0.2) is 47.9 Å². The van der Waals surface area contributed by atoms with E-state index in [4.69, 9.17) is 0 Å². The molecular formula is C21H27N5O2S2. The monoisotopic (exact) mass is 445 g/mol. The highest BCUT2D eigenvalue weighted by Gasteiger charge is 2.20. The highest BCUT2D eigenvalue weighted by molar-refractivity contribution is 7.99. The van der Waals surface area contributed by atoms with Crippen molar-refractivity contribution < 1.29 is 8.42 Å². The standard InChI is InChI=1S/C21H27N5O2S2/c1-4-16-9-6-10-17(5-2)19(16)26-20(18-11-7-12-23-15-18)24-25-21(26)29-13-8-14-30(27,28)22-3/h6-7,9-12,15,22H,4-5,8,13-14H2,1-3H3. The lowest BCUT2D eigenvalue weighted by Crippen LogP contribution is -2.22. The summed E-state index contributed by atoms with van der Waals surface area (Å²) in [5.41, 5.74) is 4.44. The number of sulfonamides is 1. The van der Waals surface area contributed by atoms with Crippen LogP contribution in [0.5, 0.6) is 0 Å². The molecule has 0 amide bonds. The van der Waals surface area contributed by atoms with Crippen LogP contribution < -0.4 is 4.72 Å². The molecule has 30 heavy (non-hydrogen) atoms.